The second kappa shape index (κ2) is 4.19. The molecule has 0 saturated heterocycles. The molecule has 1 aliphatic carbocycles. The number of aromatic nitrogens is 2. The first-order chi connectivity index (χ1) is 9.08. The van der Waals surface area contributed by atoms with Gasteiger partial charge < -0.3 is 5.11 Å². The maximum atomic E-state index is 13.3. The monoisotopic (exact) mass is 260 g/mol. The zero-order chi connectivity index (χ0) is 13.6. The fourth-order valence-electron chi connectivity index (χ4n) is 2.58. The van der Waals surface area contributed by atoms with Crippen molar-refractivity contribution in [1.29, 1.82) is 0 Å². The largest absolute Gasteiger partial charge is 0.476 e. The molecule has 1 N–H and O–H groups in total. The maximum Gasteiger partial charge on any atom is 0.356 e. The Hall–Kier alpha value is -2.17. The van der Waals surface area contributed by atoms with Crippen LogP contribution in [0.4, 0.5) is 4.39 Å². The SMILES string of the molecule is Cc1cc(-n2nc(C(=O)O)c3c2CCC3)ccc1F. The van der Waals surface area contributed by atoms with Gasteiger partial charge in [-0.05, 0) is 49.9 Å². The minimum Gasteiger partial charge on any atom is -0.476 e. The highest BCUT2D eigenvalue weighted by atomic mass is 19.1. The minimum atomic E-state index is -1.00. The number of carboxylic acids is 1. The Labute approximate surface area is 109 Å². The number of fused-ring (bicyclic) bond motifs is 1. The lowest BCUT2D eigenvalue weighted by Crippen LogP contribution is -2.05. The molecule has 0 amide bonds. The summed E-state index contributed by atoms with van der Waals surface area (Å²) in [7, 11) is 0. The van der Waals surface area contributed by atoms with Crippen LogP contribution in [0.3, 0.4) is 0 Å². The van der Waals surface area contributed by atoms with Crippen LogP contribution < -0.4 is 0 Å². The zero-order valence-corrected chi connectivity index (χ0v) is 10.5. The Morgan fingerprint density at radius 2 is 2.21 bits per heavy atom. The van der Waals surface area contributed by atoms with E-state index in [0.29, 0.717) is 11.3 Å². The van der Waals surface area contributed by atoms with E-state index in [0.717, 1.165) is 30.5 Å². The maximum absolute atomic E-state index is 13.3. The van der Waals surface area contributed by atoms with E-state index in [4.69, 9.17) is 0 Å². The van der Waals surface area contributed by atoms with Gasteiger partial charge in [0, 0.05) is 11.3 Å². The summed E-state index contributed by atoms with van der Waals surface area (Å²) >= 11 is 0. The van der Waals surface area contributed by atoms with E-state index in [9.17, 15) is 14.3 Å². The number of hydrogen-bond donors (Lipinski definition) is 1. The fraction of sp³-hybridized carbons (Fsp3) is 0.286. The van der Waals surface area contributed by atoms with Crippen molar-refractivity contribution in [3.05, 3.63) is 46.5 Å². The fourth-order valence-corrected chi connectivity index (χ4v) is 2.58. The lowest BCUT2D eigenvalue weighted by molar-refractivity contribution is 0.0689. The molecule has 19 heavy (non-hydrogen) atoms. The number of halogens is 1. The third kappa shape index (κ3) is 1.82. The average molecular weight is 260 g/mol. The predicted octanol–water partition coefficient (Wildman–Crippen LogP) is 2.51. The van der Waals surface area contributed by atoms with Crippen LogP contribution in [0.15, 0.2) is 18.2 Å². The molecule has 4 nitrogen and oxygen atoms in total. The Kier molecular flexibility index (Phi) is 2.62. The molecule has 5 heteroatoms. The van der Waals surface area contributed by atoms with Crippen LogP contribution in [0.25, 0.3) is 5.69 Å². The molecule has 1 aromatic heterocycles. The molecule has 0 aliphatic heterocycles. The summed E-state index contributed by atoms with van der Waals surface area (Å²) in [6.07, 6.45) is 2.50. The summed E-state index contributed by atoms with van der Waals surface area (Å²) in [5.41, 5.74) is 3.11. The van der Waals surface area contributed by atoms with Crippen molar-refractivity contribution in [2.45, 2.75) is 26.2 Å². The number of carboxylic acid groups (broad SMARTS) is 1. The van der Waals surface area contributed by atoms with Crippen LogP contribution in [0, 0.1) is 12.7 Å². The van der Waals surface area contributed by atoms with E-state index >= 15 is 0 Å². The quantitative estimate of drug-likeness (QED) is 0.902. The van der Waals surface area contributed by atoms with Gasteiger partial charge in [-0.2, -0.15) is 5.10 Å². The molecule has 0 radical (unpaired) electrons. The Morgan fingerprint density at radius 3 is 2.89 bits per heavy atom. The summed E-state index contributed by atoms with van der Waals surface area (Å²) in [5, 5.41) is 13.3. The zero-order valence-electron chi connectivity index (χ0n) is 10.5. The van der Waals surface area contributed by atoms with Gasteiger partial charge in [0.25, 0.3) is 0 Å². The lowest BCUT2D eigenvalue weighted by atomic mass is 10.2. The number of benzene rings is 1. The molecule has 0 fully saturated rings. The average Bonchev–Trinajstić information content (AvgIpc) is 2.93. The molecular weight excluding hydrogens is 247 g/mol. The van der Waals surface area contributed by atoms with Gasteiger partial charge in [-0.25, -0.2) is 13.9 Å². The van der Waals surface area contributed by atoms with E-state index < -0.39 is 5.97 Å². The second-order valence-corrected chi connectivity index (χ2v) is 4.78. The van der Waals surface area contributed by atoms with Gasteiger partial charge in [0.1, 0.15) is 5.82 Å². The number of aromatic carboxylic acids is 1. The van der Waals surface area contributed by atoms with E-state index in [1.165, 1.54) is 6.07 Å². The van der Waals surface area contributed by atoms with Crippen LogP contribution >= 0.6 is 0 Å². The Balaban J connectivity index is 2.18. The number of carbonyl (C=O) groups is 1. The highest BCUT2D eigenvalue weighted by molar-refractivity contribution is 5.87. The van der Waals surface area contributed by atoms with Crippen molar-refractivity contribution >= 4 is 5.97 Å². The third-order valence-corrected chi connectivity index (χ3v) is 3.52. The molecule has 3 rings (SSSR count). The molecule has 0 spiro atoms. The molecule has 2 aromatic rings. The van der Waals surface area contributed by atoms with Gasteiger partial charge in [-0.15, -0.1) is 0 Å². The molecule has 0 unspecified atom stereocenters. The Bertz CT molecular complexity index is 676. The van der Waals surface area contributed by atoms with Crippen LogP contribution in [-0.4, -0.2) is 20.9 Å². The van der Waals surface area contributed by atoms with Gasteiger partial charge >= 0.3 is 5.97 Å². The van der Waals surface area contributed by atoms with Crippen molar-refractivity contribution in [2.24, 2.45) is 0 Å². The summed E-state index contributed by atoms with van der Waals surface area (Å²) in [5.74, 6) is -1.28. The number of aryl methyl sites for hydroxylation is 1. The standard InChI is InChI=1S/C14H13FN2O2/c1-8-7-9(5-6-11(8)15)17-12-4-2-3-10(12)13(16-17)14(18)19/h5-7H,2-4H2,1H3,(H,18,19). The highest BCUT2D eigenvalue weighted by Gasteiger charge is 2.26. The number of nitrogens with zero attached hydrogens (tertiary/aromatic N) is 2. The predicted molar refractivity (Wildman–Crippen MR) is 67.2 cm³/mol. The topological polar surface area (TPSA) is 55.1 Å². The van der Waals surface area contributed by atoms with Crippen LogP contribution in [0.1, 0.15) is 33.7 Å². The number of hydrogen-bond acceptors (Lipinski definition) is 2. The summed E-state index contributed by atoms with van der Waals surface area (Å²) in [6, 6.07) is 4.69. The molecule has 0 saturated carbocycles. The first-order valence-electron chi connectivity index (χ1n) is 6.18. The molecule has 1 aromatic carbocycles. The Morgan fingerprint density at radius 1 is 1.42 bits per heavy atom. The van der Waals surface area contributed by atoms with Crippen molar-refractivity contribution in [3.8, 4) is 5.69 Å². The second-order valence-electron chi connectivity index (χ2n) is 4.78. The first kappa shape index (κ1) is 11.9. The van der Waals surface area contributed by atoms with Crippen molar-refractivity contribution in [3.63, 3.8) is 0 Å². The van der Waals surface area contributed by atoms with E-state index in [2.05, 4.69) is 5.10 Å². The van der Waals surface area contributed by atoms with Crippen molar-refractivity contribution in [2.75, 3.05) is 0 Å². The van der Waals surface area contributed by atoms with Gasteiger partial charge in [-0.1, -0.05) is 0 Å². The first-order valence-corrected chi connectivity index (χ1v) is 6.18. The van der Waals surface area contributed by atoms with Crippen molar-refractivity contribution < 1.29 is 14.3 Å². The minimum absolute atomic E-state index is 0.120. The smallest absolute Gasteiger partial charge is 0.356 e. The van der Waals surface area contributed by atoms with E-state index in [-0.39, 0.29) is 11.5 Å². The highest BCUT2D eigenvalue weighted by Crippen LogP contribution is 2.28. The van der Waals surface area contributed by atoms with Gasteiger partial charge in [0.05, 0.1) is 5.69 Å². The third-order valence-electron chi connectivity index (χ3n) is 3.52. The van der Waals surface area contributed by atoms with Crippen LogP contribution in [0.2, 0.25) is 0 Å². The molecular formula is C14H13FN2O2. The molecule has 1 aliphatic rings. The summed E-state index contributed by atoms with van der Waals surface area (Å²) < 4.78 is 14.9. The molecule has 1 heterocycles. The van der Waals surface area contributed by atoms with E-state index in [1.54, 1.807) is 23.7 Å². The number of rotatable bonds is 2. The van der Waals surface area contributed by atoms with Crippen LogP contribution in [-0.2, 0) is 12.8 Å². The van der Waals surface area contributed by atoms with Gasteiger partial charge in [0.15, 0.2) is 5.69 Å². The van der Waals surface area contributed by atoms with Crippen LogP contribution in [0.5, 0.6) is 0 Å². The van der Waals surface area contributed by atoms with Gasteiger partial charge in [0.2, 0.25) is 0 Å². The van der Waals surface area contributed by atoms with Gasteiger partial charge in [-0.3, -0.25) is 0 Å². The molecule has 0 atom stereocenters. The van der Waals surface area contributed by atoms with E-state index in [1.807, 2.05) is 0 Å². The normalized spacial score (nSPS) is 13.6. The summed E-state index contributed by atoms with van der Waals surface area (Å²) in [6.45, 7) is 1.68. The van der Waals surface area contributed by atoms with Crippen molar-refractivity contribution in [1.82, 2.24) is 9.78 Å². The molecule has 98 valence electrons. The molecule has 0 bridgehead atoms. The summed E-state index contributed by atoms with van der Waals surface area (Å²) in [4.78, 5) is 11.2. The lowest BCUT2D eigenvalue weighted by Gasteiger charge is -2.06.